The molecule has 0 aliphatic carbocycles. The maximum Gasteiger partial charge on any atom is 0.354 e. The monoisotopic (exact) mass is 290 g/mol. The van der Waals surface area contributed by atoms with Crippen molar-refractivity contribution in [3.05, 3.63) is 52.0 Å². The van der Waals surface area contributed by atoms with Gasteiger partial charge in [-0.15, -0.1) is 11.3 Å². The molecule has 1 N–H and O–H groups in total. The third-order valence-corrected chi connectivity index (χ3v) is 4.00. The predicted octanol–water partition coefficient (Wildman–Crippen LogP) is 3.25. The van der Waals surface area contributed by atoms with Gasteiger partial charge in [0.15, 0.2) is 5.69 Å². The maximum atomic E-state index is 11.2. The lowest BCUT2D eigenvalue weighted by Crippen LogP contribution is -2.30. The summed E-state index contributed by atoms with van der Waals surface area (Å²) in [6.07, 6.45) is 1.52. The summed E-state index contributed by atoms with van der Waals surface area (Å²) in [5.41, 5.74) is 0.898. The molecule has 5 heteroatoms. The summed E-state index contributed by atoms with van der Waals surface area (Å²) >= 11 is 1.72. The summed E-state index contributed by atoms with van der Waals surface area (Å²) < 4.78 is 0. The predicted molar refractivity (Wildman–Crippen MR) is 79.9 cm³/mol. The van der Waals surface area contributed by atoms with Crippen molar-refractivity contribution >= 4 is 17.3 Å². The van der Waals surface area contributed by atoms with Crippen molar-refractivity contribution in [1.82, 2.24) is 9.88 Å². The van der Waals surface area contributed by atoms with Gasteiger partial charge < -0.3 is 5.11 Å². The van der Waals surface area contributed by atoms with Gasteiger partial charge in [0.2, 0.25) is 0 Å². The van der Waals surface area contributed by atoms with Crippen LogP contribution in [0, 0.1) is 0 Å². The van der Waals surface area contributed by atoms with Gasteiger partial charge in [0, 0.05) is 30.2 Å². The molecule has 0 unspecified atom stereocenters. The Morgan fingerprint density at radius 1 is 1.35 bits per heavy atom. The van der Waals surface area contributed by atoms with Crippen LogP contribution in [0.5, 0.6) is 0 Å². The minimum atomic E-state index is -0.972. The lowest BCUT2D eigenvalue weighted by molar-refractivity contribution is 0.0687. The quantitative estimate of drug-likeness (QED) is 0.887. The molecule has 2 rings (SSSR count). The largest absolute Gasteiger partial charge is 0.477 e. The number of aromatic carboxylic acids is 1. The van der Waals surface area contributed by atoms with E-state index in [1.165, 1.54) is 11.1 Å². The fraction of sp³-hybridized carbons (Fsp3) is 0.333. The van der Waals surface area contributed by atoms with Crippen LogP contribution in [0.15, 0.2) is 35.8 Å². The summed E-state index contributed by atoms with van der Waals surface area (Å²) in [5, 5.41) is 11.3. The third-order valence-electron chi connectivity index (χ3n) is 3.14. The Morgan fingerprint density at radius 2 is 2.15 bits per heavy atom. The highest BCUT2D eigenvalue weighted by Crippen LogP contribution is 2.18. The number of rotatable bonds is 6. The van der Waals surface area contributed by atoms with Crippen LogP contribution in [0.25, 0.3) is 0 Å². The zero-order chi connectivity index (χ0) is 14.5. The molecule has 0 atom stereocenters. The summed E-state index contributed by atoms with van der Waals surface area (Å²) in [7, 11) is 0. The standard InChI is InChI=1S/C15H18N2O2S/c1-11(2)17(10-13-6-4-8-20-13)9-12-5-3-7-16-14(12)15(18)19/h3-8,11H,9-10H2,1-2H3,(H,18,19). The molecule has 0 saturated carbocycles. The van der Waals surface area contributed by atoms with Crippen molar-refractivity contribution < 1.29 is 9.90 Å². The van der Waals surface area contributed by atoms with Crippen LogP contribution in [-0.2, 0) is 13.1 Å². The maximum absolute atomic E-state index is 11.2. The normalized spacial score (nSPS) is 11.2. The van der Waals surface area contributed by atoms with Crippen molar-refractivity contribution in [2.24, 2.45) is 0 Å². The molecule has 20 heavy (non-hydrogen) atoms. The van der Waals surface area contributed by atoms with Crippen molar-refractivity contribution in [1.29, 1.82) is 0 Å². The number of carboxylic acids is 1. The van der Waals surface area contributed by atoms with Gasteiger partial charge in [0.1, 0.15) is 0 Å². The number of hydrogen-bond donors (Lipinski definition) is 1. The van der Waals surface area contributed by atoms with Crippen LogP contribution in [0.4, 0.5) is 0 Å². The van der Waals surface area contributed by atoms with Crippen LogP contribution >= 0.6 is 11.3 Å². The third kappa shape index (κ3) is 3.65. The number of pyridine rings is 1. The van der Waals surface area contributed by atoms with Crippen LogP contribution < -0.4 is 0 Å². The molecular weight excluding hydrogens is 272 g/mol. The molecule has 2 aromatic heterocycles. The van der Waals surface area contributed by atoms with E-state index in [2.05, 4.69) is 35.2 Å². The zero-order valence-corrected chi connectivity index (χ0v) is 12.4. The smallest absolute Gasteiger partial charge is 0.354 e. The first-order valence-corrected chi connectivity index (χ1v) is 7.39. The Bertz CT molecular complexity index is 567. The number of hydrogen-bond acceptors (Lipinski definition) is 4. The lowest BCUT2D eigenvalue weighted by atomic mass is 10.1. The molecule has 0 fully saturated rings. The molecule has 2 aromatic rings. The van der Waals surface area contributed by atoms with E-state index in [4.69, 9.17) is 0 Å². The molecule has 106 valence electrons. The van der Waals surface area contributed by atoms with Crippen LogP contribution in [0.2, 0.25) is 0 Å². The second-order valence-corrected chi connectivity index (χ2v) is 5.93. The summed E-state index contributed by atoms with van der Waals surface area (Å²) in [6, 6.07) is 8.08. The highest BCUT2D eigenvalue weighted by molar-refractivity contribution is 7.09. The van der Waals surface area contributed by atoms with Gasteiger partial charge in [0.25, 0.3) is 0 Å². The van der Waals surface area contributed by atoms with E-state index in [1.807, 2.05) is 12.1 Å². The van der Waals surface area contributed by atoms with Gasteiger partial charge in [-0.3, -0.25) is 4.90 Å². The second-order valence-electron chi connectivity index (χ2n) is 4.89. The van der Waals surface area contributed by atoms with Gasteiger partial charge in [-0.05, 0) is 36.9 Å². The SMILES string of the molecule is CC(C)N(Cc1cccs1)Cc1cccnc1C(=O)O. The fourth-order valence-electron chi connectivity index (χ4n) is 2.00. The molecular formula is C15H18N2O2S. The molecule has 0 amide bonds. The summed E-state index contributed by atoms with van der Waals surface area (Å²) in [6.45, 7) is 5.64. The van der Waals surface area contributed by atoms with Gasteiger partial charge >= 0.3 is 5.97 Å². The fourth-order valence-corrected chi connectivity index (χ4v) is 2.73. The van der Waals surface area contributed by atoms with Gasteiger partial charge in [0.05, 0.1) is 0 Å². The van der Waals surface area contributed by atoms with Gasteiger partial charge in [-0.1, -0.05) is 12.1 Å². The lowest BCUT2D eigenvalue weighted by Gasteiger charge is -2.26. The average molecular weight is 290 g/mol. The van der Waals surface area contributed by atoms with Crippen molar-refractivity contribution in [3.63, 3.8) is 0 Å². The first-order chi connectivity index (χ1) is 9.58. The Morgan fingerprint density at radius 3 is 2.75 bits per heavy atom. The van der Waals surface area contributed by atoms with Crippen LogP contribution in [0.3, 0.4) is 0 Å². The zero-order valence-electron chi connectivity index (χ0n) is 11.6. The first kappa shape index (κ1) is 14.7. The molecule has 0 radical (unpaired) electrons. The Labute approximate surface area is 122 Å². The molecule has 0 aromatic carbocycles. The molecule has 0 aliphatic rings. The highest BCUT2D eigenvalue weighted by atomic mass is 32.1. The van der Waals surface area contributed by atoms with Crippen LogP contribution in [0.1, 0.15) is 34.8 Å². The minimum Gasteiger partial charge on any atom is -0.477 e. The molecule has 2 heterocycles. The molecule has 4 nitrogen and oxygen atoms in total. The van der Waals surface area contributed by atoms with Crippen LogP contribution in [-0.4, -0.2) is 27.0 Å². The van der Waals surface area contributed by atoms with E-state index in [1.54, 1.807) is 17.4 Å². The van der Waals surface area contributed by atoms with E-state index in [0.29, 0.717) is 12.6 Å². The van der Waals surface area contributed by atoms with E-state index in [0.717, 1.165) is 12.1 Å². The van der Waals surface area contributed by atoms with E-state index in [-0.39, 0.29) is 5.69 Å². The topological polar surface area (TPSA) is 53.4 Å². The molecule has 0 saturated heterocycles. The number of carboxylic acid groups (broad SMARTS) is 1. The molecule has 0 spiro atoms. The Hall–Kier alpha value is -1.72. The average Bonchev–Trinajstić information content (AvgIpc) is 2.91. The summed E-state index contributed by atoms with van der Waals surface area (Å²) in [4.78, 5) is 18.7. The second kappa shape index (κ2) is 6.63. The van der Waals surface area contributed by atoms with Crippen molar-refractivity contribution in [2.75, 3.05) is 0 Å². The van der Waals surface area contributed by atoms with Gasteiger partial charge in [-0.25, -0.2) is 9.78 Å². The summed E-state index contributed by atoms with van der Waals surface area (Å²) in [5.74, 6) is -0.972. The minimum absolute atomic E-state index is 0.143. The molecule has 0 bridgehead atoms. The van der Waals surface area contributed by atoms with Gasteiger partial charge in [-0.2, -0.15) is 0 Å². The number of aromatic nitrogens is 1. The molecule has 0 aliphatic heterocycles. The number of carbonyl (C=O) groups is 1. The Kier molecular flexibility index (Phi) is 4.87. The first-order valence-electron chi connectivity index (χ1n) is 6.51. The number of thiophene rings is 1. The number of nitrogens with zero attached hydrogens (tertiary/aromatic N) is 2. The van der Waals surface area contributed by atoms with E-state index >= 15 is 0 Å². The van der Waals surface area contributed by atoms with Crippen molar-refractivity contribution in [3.8, 4) is 0 Å². The van der Waals surface area contributed by atoms with E-state index in [9.17, 15) is 9.90 Å². The Balaban J connectivity index is 2.18. The van der Waals surface area contributed by atoms with Crippen molar-refractivity contribution in [2.45, 2.75) is 33.0 Å². The van der Waals surface area contributed by atoms with E-state index < -0.39 is 5.97 Å². The highest BCUT2D eigenvalue weighted by Gasteiger charge is 2.17.